The second-order valence-corrected chi connectivity index (χ2v) is 11.7. The molecule has 2 N–H and O–H groups in total. The molecule has 2 heterocycles. The number of aromatic nitrogens is 1. The maximum absolute atomic E-state index is 13.2. The Morgan fingerprint density at radius 3 is 2.56 bits per heavy atom. The third-order valence-corrected chi connectivity index (χ3v) is 9.48. The molecular weight excluding hydrogens is 446 g/mol. The Kier molecular flexibility index (Phi) is 6.58. The molecule has 1 saturated heterocycles. The lowest BCUT2D eigenvalue weighted by atomic mass is 9.84. The minimum atomic E-state index is -3.73. The van der Waals surface area contributed by atoms with Crippen LogP contribution in [0.4, 0.5) is 10.8 Å². The van der Waals surface area contributed by atoms with Crippen molar-refractivity contribution in [1.29, 1.82) is 0 Å². The fraction of sp³-hybridized carbons (Fsp3) is 0.545. The van der Waals surface area contributed by atoms with Crippen molar-refractivity contribution in [2.45, 2.75) is 50.3 Å². The Morgan fingerprint density at radius 2 is 1.88 bits per heavy atom. The van der Waals surface area contributed by atoms with Gasteiger partial charge in [-0.2, -0.15) is 0 Å². The van der Waals surface area contributed by atoms with Crippen LogP contribution in [0.5, 0.6) is 0 Å². The number of hydrogen-bond donors (Lipinski definition) is 2. The molecule has 1 aliphatic carbocycles. The van der Waals surface area contributed by atoms with Crippen LogP contribution >= 0.6 is 11.3 Å². The molecule has 10 heteroatoms. The van der Waals surface area contributed by atoms with E-state index in [4.69, 9.17) is 0 Å². The zero-order chi connectivity index (χ0) is 23.0. The number of piperazine rings is 1. The molecular formula is C22H31N5O3S2. The normalized spacial score (nSPS) is 19.6. The van der Waals surface area contributed by atoms with Crippen molar-refractivity contribution in [2.75, 3.05) is 43.4 Å². The van der Waals surface area contributed by atoms with E-state index in [1.54, 1.807) is 6.92 Å². The average Bonchev–Trinajstić information content (AvgIpc) is 3.09. The average molecular weight is 478 g/mol. The summed E-state index contributed by atoms with van der Waals surface area (Å²) >= 11 is 0.991. The van der Waals surface area contributed by atoms with Crippen LogP contribution in [0.25, 0.3) is 0 Å². The van der Waals surface area contributed by atoms with Gasteiger partial charge in [-0.3, -0.25) is 4.79 Å². The fourth-order valence-corrected chi connectivity index (χ4v) is 7.34. The van der Waals surface area contributed by atoms with Gasteiger partial charge in [-0.05, 0) is 62.9 Å². The first kappa shape index (κ1) is 23.2. The van der Waals surface area contributed by atoms with E-state index >= 15 is 0 Å². The maximum atomic E-state index is 13.2. The number of rotatable bonds is 5. The zero-order valence-corrected chi connectivity index (χ0v) is 20.7. The van der Waals surface area contributed by atoms with Crippen LogP contribution in [0, 0.1) is 13.8 Å². The maximum Gasteiger partial charge on any atom is 0.252 e. The standard InChI is InChI=1S/C22H31N5O3S2/c1-14-5-8-20(27-11-9-26(4)10-12-27)19-13-17(6-7-18(14)19)25-32(29,30)21-15(2)23-22(31-21)24-16(3)28/h5,8,17,25H,6-7,9-13H2,1-4H3,(H,23,24,28)/t17-/m1/s1. The van der Waals surface area contributed by atoms with Gasteiger partial charge in [0.05, 0.1) is 5.69 Å². The highest BCUT2D eigenvalue weighted by Gasteiger charge is 2.30. The number of benzene rings is 1. The van der Waals surface area contributed by atoms with E-state index in [0.717, 1.165) is 50.4 Å². The van der Waals surface area contributed by atoms with E-state index in [1.807, 2.05) is 0 Å². The molecule has 1 amide bonds. The minimum absolute atomic E-state index is 0.163. The van der Waals surface area contributed by atoms with Crippen molar-refractivity contribution in [3.63, 3.8) is 0 Å². The summed E-state index contributed by atoms with van der Waals surface area (Å²) in [6.45, 7) is 9.19. The number of anilines is 2. The summed E-state index contributed by atoms with van der Waals surface area (Å²) in [6.07, 6.45) is 2.29. The summed E-state index contributed by atoms with van der Waals surface area (Å²) in [5.74, 6) is -0.272. The lowest BCUT2D eigenvalue weighted by Crippen LogP contribution is -2.45. The summed E-state index contributed by atoms with van der Waals surface area (Å²) in [4.78, 5) is 20.3. The second kappa shape index (κ2) is 9.09. The lowest BCUT2D eigenvalue weighted by molar-refractivity contribution is -0.114. The number of hydrogen-bond acceptors (Lipinski definition) is 7. The van der Waals surface area contributed by atoms with Gasteiger partial charge in [-0.15, -0.1) is 0 Å². The monoisotopic (exact) mass is 477 g/mol. The summed E-state index contributed by atoms with van der Waals surface area (Å²) in [6, 6.07) is 4.22. The van der Waals surface area contributed by atoms with Crippen LogP contribution in [-0.2, 0) is 27.7 Å². The van der Waals surface area contributed by atoms with Crippen LogP contribution < -0.4 is 14.9 Å². The SMILES string of the molecule is CC(=O)Nc1nc(C)c(S(=O)(=O)N[C@@H]2CCc3c(C)ccc(N4CCN(C)CC4)c3C2)s1. The minimum Gasteiger partial charge on any atom is -0.369 e. The number of carbonyl (C=O) groups excluding carboxylic acids is 1. The molecule has 2 aromatic rings. The van der Waals surface area contributed by atoms with Gasteiger partial charge in [-0.1, -0.05) is 17.4 Å². The van der Waals surface area contributed by atoms with Gasteiger partial charge in [0.2, 0.25) is 5.91 Å². The van der Waals surface area contributed by atoms with Crippen molar-refractivity contribution in [2.24, 2.45) is 0 Å². The molecule has 1 aromatic heterocycles. The fourth-order valence-electron chi connectivity index (χ4n) is 4.59. The summed E-state index contributed by atoms with van der Waals surface area (Å²) < 4.78 is 29.4. The molecule has 32 heavy (non-hydrogen) atoms. The number of fused-ring (bicyclic) bond motifs is 1. The first-order valence-corrected chi connectivity index (χ1v) is 13.3. The molecule has 0 saturated carbocycles. The second-order valence-electron chi connectivity index (χ2n) is 8.78. The predicted molar refractivity (Wildman–Crippen MR) is 128 cm³/mol. The van der Waals surface area contributed by atoms with Crippen LogP contribution in [0.2, 0.25) is 0 Å². The van der Waals surface area contributed by atoms with Gasteiger partial charge in [-0.25, -0.2) is 18.1 Å². The molecule has 1 fully saturated rings. The van der Waals surface area contributed by atoms with Crippen molar-refractivity contribution >= 4 is 38.1 Å². The molecule has 1 atom stereocenters. The predicted octanol–water partition coefficient (Wildman–Crippen LogP) is 2.31. The van der Waals surface area contributed by atoms with Crippen molar-refractivity contribution < 1.29 is 13.2 Å². The Hall–Kier alpha value is -2.01. The molecule has 0 bridgehead atoms. The van der Waals surface area contributed by atoms with Crippen molar-refractivity contribution in [3.05, 3.63) is 34.5 Å². The number of carbonyl (C=O) groups is 1. The topological polar surface area (TPSA) is 94.6 Å². The number of amides is 1. The number of likely N-dealkylation sites (N-methyl/N-ethyl adjacent to an activating group) is 1. The Balaban J connectivity index is 1.56. The van der Waals surface area contributed by atoms with E-state index < -0.39 is 10.0 Å². The summed E-state index contributed by atoms with van der Waals surface area (Å²) in [5, 5.41) is 2.88. The number of sulfonamides is 1. The lowest BCUT2D eigenvalue weighted by Gasteiger charge is -2.37. The van der Waals surface area contributed by atoms with E-state index in [-0.39, 0.29) is 16.2 Å². The van der Waals surface area contributed by atoms with Gasteiger partial charge >= 0.3 is 0 Å². The van der Waals surface area contributed by atoms with Gasteiger partial charge in [0, 0.05) is 44.8 Å². The quantitative estimate of drug-likeness (QED) is 0.686. The number of thiazole rings is 1. The molecule has 4 rings (SSSR count). The Bertz CT molecular complexity index is 1120. The summed E-state index contributed by atoms with van der Waals surface area (Å²) in [5.41, 5.74) is 5.55. The van der Waals surface area contributed by atoms with E-state index in [0.29, 0.717) is 17.2 Å². The third-order valence-electron chi connectivity index (χ3n) is 6.28. The van der Waals surface area contributed by atoms with E-state index in [1.165, 1.54) is 29.3 Å². The smallest absolute Gasteiger partial charge is 0.252 e. The number of aryl methyl sites for hydroxylation is 2. The van der Waals surface area contributed by atoms with Gasteiger partial charge in [0.1, 0.15) is 0 Å². The Morgan fingerprint density at radius 1 is 1.16 bits per heavy atom. The van der Waals surface area contributed by atoms with Gasteiger partial charge in [0.15, 0.2) is 9.34 Å². The Labute approximate surface area is 194 Å². The molecule has 0 spiro atoms. The van der Waals surface area contributed by atoms with E-state index in [2.05, 4.69) is 50.9 Å². The first-order valence-electron chi connectivity index (χ1n) is 11.0. The van der Waals surface area contributed by atoms with Gasteiger partial charge in [0.25, 0.3) is 10.0 Å². The van der Waals surface area contributed by atoms with E-state index in [9.17, 15) is 13.2 Å². The molecule has 0 unspecified atom stereocenters. The largest absolute Gasteiger partial charge is 0.369 e. The van der Waals surface area contributed by atoms with Gasteiger partial charge < -0.3 is 15.1 Å². The molecule has 0 radical (unpaired) electrons. The highest BCUT2D eigenvalue weighted by atomic mass is 32.2. The third kappa shape index (κ3) is 4.83. The van der Waals surface area contributed by atoms with Crippen LogP contribution in [0.15, 0.2) is 16.3 Å². The van der Waals surface area contributed by atoms with Crippen LogP contribution in [0.3, 0.4) is 0 Å². The van der Waals surface area contributed by atoms with Crippen LogP contribution in [0.1, 0.15) is 35.7 Å². The molecule has 2 aliphatic rings. The molecule has 1 aromatic carbocycles. The zero-order valence-electron chi connectivity index (χ0n) is 19.1. The van der Waals surface area contributed by atoms with Crippen LogP contribution in [-0.4, -0.2) is 63.5 Å². The highest BCUT2D eigenvalue weighted by Crippen LogP contribution is 2.34. The number of nitrogens with zero attached hydrogens (tertiary/aromatic N) is 3. The molecule has 1 aliphatic heterocycles. The first-order chi connectivity index (χ1) is 15.1. The van der Waals surface area contributed by atoms with Crippen molar-refractivity contribution in [1.82, 2.24) is 14.6 Å². The highest BCUT2D eigenvalue weighted by molar-refractivity contribution is 7.91. The molecule has 8 nitrogen and oxygen atoms in total. The number of nitrogens with one attached hydrogen (secondary N) is 2. The molecule has 174 valence electrons. The van der Waals surface area contributed by atoms with Crippen molar-refractivity contribution in [3.8, 4) is 0 Å². The summed E-state index contributed by atoms with van der Waals surface area (Å²) in [7, 11) is -1.58.